The maximum atomic E-state index is 12.2. The second-order valence-corrected chi connectivity index (χ2v) is 7.02. The number of carboxylic acid groups (broad SMARTS) is 1. The van der Waals surface area contributed by atoms with E-state index >= 15 is 0 Å². The molecule has 0 fully saturated rings. The number of hydrogen-bond acceptors (Lipinski definition) is 3. The Balaban J connectivity index is 2.93. The van der Waals surface area contributed by atoms with Crippen molar-refractivity contribution in [3.63, 3.8) is 0 Å². The molecule has 1 rings (SSSR count). The highest BCUT2D eigenvalue weighted by Crippen LogP contribution is 2.33. The summed E-state index contributed by atoms with van der Waals surface area (Å²) in [6.45, 7) is 7.41. The average molecular weight is 335 g/mol. The minimum absolute atomic E-state index is 0.111. The molecule has 24 heavy (non-hydrogen) atoms. The normalized spacial score (nSPS) is 14.0. The molecule has 2 N–H and O–H groups in total. The van der Waals surface area contributed by atoms with Crippen LogP contribution in [0.5, 0.6) is 0 Å². The molecule has 0 saturated carbocycles. The Morgan fingerprint density at radius 2 is 1.75 bits per heavy atom. The summed E-state index contributed by atoms with van der Waals surface area (Å²) in [6.07, 6.45) is 2.98. The van der Waals surface area contributed by atoms with Gasteiger partial charge in [0.25, 0.3) is 0 Å². The van der Waals surface area contributed by atoms with E-state index in [-0.39, 0.29) is 12.5 Å². The molecule has 0 saturated heterocycles. The third-order valence-electron chi connectivity index (χ3n) is 3.98. The van der Waals surface area contributed by atoms with E-state index in [1.807, 2.05) is 30.3 Å². The molecule has 0 bridgehead atoms. The number of carboxylic acids is 1. The van der Waals surface area contributed by atoms with Gasteiger partial charge in [-0.1, -0.05) is 70.9 Å². The summed E-state index contributed by atoms with van der Waals surface area (Å²) in [7, 11) is 0. The number of nitrogens with one attached hydrogen (secondary N) is 1. The number of rotatable bonds is 9. The van der Waals surface area contributed by atoms with Crippen LogP contribution in [-0.2, 0) is 20.9 Å². The number of hydrogen-bond donors (Lipinski definition) is 2. The van der Waals surface area contributed by atoms with Crippen LogP contribution in [0.4, 0.5) is 0 Å². The zero-order chi connectivity index (χ0) is 18.2. The van der Waals surface area contributed by atoms with Crippen molar-refractivity contribution in [3.05, 3.63) is 35.9 Å². The molecule has 0 radical (unpaired) electrons. The maximum Gasteiger partial charge on any atom is 0.358 e. The van der Waals surface area contributed by atoms with Gasteiger partial charge in [-0.2, -0.15) is 0 Å². The van der Waals surface area contributed by atoms with Crippen molar-refractivity contribution in [2.75, 3.05) is 0 Å². The predicted molar refractivity (Wildman–Crippen MR) is 93.3 cm³/mol. The van der Waals surface area contributed by atoms with Gasteiger partial charge in [0.2, 0.25) is 11.6 Å². The highest BCUT2D eigenvalue weighted by molar-refractivity contribution is 5.86. The van der Waals surface area contributed by atoms with Crippen molar-refractivity contribution < 1.29 is 19.4 Å². The molecule has 0 aliphatic heterocycles. The van der Waals surface area contributed by atoms with Crippen LogP contribution in [0.1, 0.15) is 58.9 Å². The Labute approximate surface area is 144 Å². The second kappa shape index (κ2) is 8.83. The molecular weight excluding hydrogens is 306 g/mol. The average Bonchev–Trinajstić information content (AvgIpc) is 2.51. The molecule has 0 aliphatic carbocycles. The highest BCUT2D eigenvalue weighted by Gasteiger charge is 2.51. The van der Waals surface area contributed by atoms with Gasteiger partial charge in [0.15, 0.2) is 0 Å². The Bertz CT molecular complexity index is 536. The van der Waals surface area contributed by atoms with E-state index in [1.165, 1.54) is 0 Å². The van der Waals surface area contributed by atoms with E-state index in [0.29, 0.717) is 6.42 Å². The fraction of sp³-hybridized carbons (Fsp3) is 0.579. The third-order valence-corrected chi connectivity index (χ3v) is 3.98. The van der Waals surface area contributed by atoms with Crippen molar-refractivity contribution in [2.45, 2.75) is 65.7 Å². The molecule has 5 nitrogen and oxygen atoms in total. The molecule has 1 aromatic rings. The van der Waals surface area contributed by atoms with E-state index in [0.717, 1.165) is 24.8 Å². The van der Waals surface area contributed by atoms with E-state index in [9.17, 15) is 14.7 Å². The predicted octanol–water partition coefficient (Wildman–Crippen LogP) is 3.73. The van der Waals surface area contributed by atoms with Gasteiger partial charge < -0.3 is 15.2 Å². The number of carbonyl (C=O) groups is 2. The number of benzene rings is 1. The fourth-order valence-corrected chi connectivity index (χ4v) is 2.44. The van der Waals surface area contributed by atoms with E-state index in [4.69, 9.17) is 4.74 Å². The summed E-state index contributed by atoms with van der Waals surface area (Å²) in [5, 5.41) is 12.5. The van der Waals surface area contributed by atoms with Crippen LogP contribution in [0.25, 0.3) is 0 Å². The van der Waals surface area contributed by atoms with Crippen LogP contribution in [0.3, 0.4) is 0 Å². The first kappa shape index (κ1) is 20.2. The van der Waals surface area contributed by atoms with Crippen molar-refractivity contribution in [3.8, 4) is 0 Å². The number of aliphatic carboxylic acids is 1. The van der Waals surface area contributed by atoms with Crippen LogP contribution in [0, 0.1) is 5.41 Å². The number of ether oxygens (including phenoxy) is 1. The molecule has 0 spiro atoms. The molecule has 0 heterocycles. The summed E-state index contributed by atoms with van der Waals surface area (Å²) in [5.74, 6) is -1.48. The van der Waals surface area contributed by atoms with Gasteiger partial charge in [-0.25, -0.2) is 4.79 Å². The van der Waals surface area contributed by atoms with E-state index in [2.05, 4.69) is 12.2 Å². The lowest BCUT2D eigenvalue weighted by Crippen LogP contribution is -2.64. The molecule has 5 heteroatoms. The van der Waals surface area contributed by atoms with E-state index in [1.54, 1.807) is 20.8 Å². The molecule has 0 aliphatic rings. The van der Waals surface area contributed by atoms with Crippen molar-refractivity contribution in [1.82, 2.24) is 5.32 Å². The standard InChI is InChI=1S/C19H29NO4/c1-5-6-8-13-16(21)20-19(17(22)23,18(2,3)4)24-14-15-11-9-7-10-12-15/h7,9-12H,5-6,8,13-14H2,1-4H3,(H,20,21)(H,22,23). The monoisotopic (exact) mass is 335 g/mol. The Hall–Kier alpha value is -1.88. The molecule has 1 atom stereocenters. The summed E-state index contributed by atoms with van der Waals surface area (Å²) >= 11 is 0. The summed E-state index contributed by atoms with van der Waals surface area (Å²) < 4.78 is 5.79. The zero-order valence-corrected chi connectivity index (χ0v) is 15.1. The first-order valence-corrected chi connectivity index (χ1v) is 8.45. The van der Waals surface area contributed by atoms with Crippen LogP contribution < -0.4 is 5.32 Å². The molecular formula is C19H29NO4. The van der Waals surface area contributed by atoms with Gasteiger partial charge in [-0.3, -0.25) is 4.79 Å². The fourth-order valence-electron chi connectivity index (χ4n) is 2.44. The van der Waals surface area contributed by atoms with Crippen molar-refractivity contribution in [1.29, 1.82) is 0 Å². The van der Waals surface area contributed by atoms with Crippen LogP contribution in [0.2, 0.25) is 0 Å². The first-order chi connectivity index (χ1) is 11.2. The molecule has 0 aromatic heterocycles. The SMILES string of the molecule is CCCCCC(=O)NC(OCc1ccccc1)(C(=O)O)C(C)(C)C. The highest BCUT2D eigenvalue weighted by atomic mass is 16.5. The second-order valence-electron chi connectivity index (χ2n) is 7.02. The molecule has 1 unspecified atom stereocenters. The largest absolute Gasteiger partial charge is 0.478 e. The zero-order valence-electron chi connectivity index (χ0n) is 15.1. The summed E-state index contributed by atoms with van der Waals surface area (Å²) in [6, 6.07) is 9.33. The van der Waals surface area contributed by atoms with Crippen LogP contribution in [-0.4, -0.2) is 22.7 Å². The summed E-state index contributed by atoms with van der Waals surface area (Å²) in [4.78, 5) is 24.3. The lowest BCUT2D eigenvalue weighted by atomic mass is 9.82. The lowest BCUT2D eigenvalue weighted by molar-refractivity contribution is -0.197. The summed E-state index contributed by atoms with van der Waals surface area (Å²) in [5.41, 5.74) is -1.73. The molecule has 134 valence electrons. The van der Waals surface area contributed by atoms with Gasteiger partial charge >= 0.3 is 5.97 Å². The number of amides is 1. The van der Waals surface area contributed by atoms with Gasteiger partial charge in [-0.15, -0.1) is 0 Å². The smallest absolute Gasteiger partial charge is 0.358 e. The molecule has 1 aromatic carbocycles. The Kier molecular flexibility index (Phi) is 7.42. The Morgan fingerprint density at radius 3 is 2.25 bits per heavy atom. The van der Waals surface area contributed by atoms with Crippen molar-refractivity contribution in [2.24, 2.45) is 5.41 Å². The third kappa shape index (κ3) is 5.34. The topological polar surface area (TPSA) is 75.6 Å². The quantitative estimate of drug-likeness (QED) is 0.532. The van der Waals surface area contributed by atoms with Crippen molar-refractivity contribution >= 4 is 11.9 Å². The van der Waals surface area contributed by atoms with Crippen LogP contribution >= 0.6 is 0 Å². The van der Waals surface area contributed by atoms with Gasteiger partial charge in [0.05, 0.1) is 6.61 Å². The van der Waals surface area contributed by atoms with Gasteiger partial charge in [0, 0.05) is 11.8 Å². The van der Waals surface area contributed by atoms with Crippen LogP contribution in [0.15, 0.2) is 30.3 Å². The van der Waals surface area contributed by atoms with E-state index < -0.39 is 17.1 Å². The first-order valence-electron chi connectivity index (χ1n) is 8.45. The minimum Gasteiger partial charge on any atom is -0.478 e. The lowest BCUT2D eigenvalue weighted by Gasteiger charge is -2.41. The number of carbonyl (C=O) groups excluding carboxylic acids is 1. The Morgan fingerprint density at radius 1 is 1.12 bits per heavy atom. The van der Waals surface area contributed by atoms with Gasteiger partial charge in [-0.05, 0) is 12.0 Å². The minimum atomic E-state index is -1.77. The molecule has 1 amide bonds. The number of unbranched alkanes of at least 4 members (excludes halogenated alkanes) is 2. The van der Waals surface area contributed by atoms with Gasteiger partial charge in [0.1, 0.15) is 0 Å². The maximum absolute atomic E-state index is 12.2.